The summed E-state index contributed by atoms with van der Waals surface area (Å²) in [5.74, 6) is -0.0403. The van der Waals surface area contributed by atoms with Crippen LogP contribution in [-0.2, 0) is 23.9 Å². The molecule has 0 saturated carbocycles. The minimum Gasteiger partial charge on any atom is -0.506 e. The van der Waals surface area contributed by atoms with E-state index in [1.807, 2.05) is 49.4 Å². The predicted molar refractivity (Wildman–Crippen MR) is 262 cm³/mol. The average Bonchev–Trinajstić information content (AvgIpc) is 3.60. The van der Waals surface area contributed by atoms with Gasteiger partial charge in [0.2, 0.25) is 5.72 Å². The van der Waals surface area contributed by atoms with Crippen LogP contribution in [0.25, 0.3) is 6.08 Å². The first-order chi connectivity index (χ1) is 31.3. The first kappa shape index (κ1) is 49.1. The number of ether oxygens (including phenoxy) is 1. The molecule has 0 amide bonds. The second-order valence-electron chi connectivity index (χ2n) is 17.2. The Morgan fingerprint density at radius 1 is 0.776 bits per heavy atom. The van der Waals surface area contributed by atoms with E-state index in [0.29, 0.717) is 34.6 Å². The van der Waals surface area contributed by atoms with Crippen molar-refractivity contribution in [3.05, 3.63) is 210 Å². The molecule has 6 aromatic carbocycles. The lowest BCUT2D eigenvalue weighted by atomic mass is 9.76. The third-order valence-electron chi connectivity index (χ3n) is 12.5. The van der Waals surface area contributed by atoms with E-state index in [1.54, 1.807) is 30.5 Å². The monoisotopic (exact) mass is 926 g/mol. The first-order valence-corrected chi connectivity index (χ1v) is 22.2. The summed E-state index contributed by atoms with van der Waals surface area (Å²) in [6, 6.07) is 35.1. The van der Waals surface area contributed by atoms with Gasteiger partial charge in [0.15, 0.2) is 6.29 Å². The molecule has 1 unspecified atom stereocenters. The Kier molecular flexibility index (Phi) is 14.1. The highest BCUT2D eigenvalue weighted by atomic mass is 32.2. The topological polar surface area (TPSA) is 139 Å². The van der Waals surface area contributed by atoms with Crippen LogP contribution in [0.3, 0.4) is 0 Å². The summed E-state index contributed by atoms with van der Waals surface area (Å²) in [5.41, 5.74) is 7.68. The molecule has 6 aromatic rings. The van der Waals surface area contributed by atoms with Crippen LogP contribution < -0.4 is 14.5 Å². The van der Waals surface area contributed by atoms with Gasteiger partial charge < -0.3 is 19.6 Å². The standard InChI is InChI=1S/C26H23FN2O3.C18H18FN.C8H7NO4S.CH4/c1-17-14-21(29(30)31)15-19-12-13-26(32-24(17)19)25(2,3)22-6-4-5-7-23(22)28(26)16-18-8-10-20(27)11-9-18;1-13-18(2,3)16-6-4-5-7-17(16)20(13)12-14-8-10-15(19)11-9-14;1-14-7-3-6(9(12)13)2-5(4-10)8(7)11;/h4-15H,16H2,1-3H3;4-11H,1,12H2,2-3H3;2-4,11H,1H3;1H4. The van der Waals surface area contributed by atoms with E-state index in [2.05, 4.69) is 74.4 Å². The van der Waals surface area contributed by atoms with Crippen molar-refractivity contribution in [3.8, 4) is 11.5 Å². The number of anilines is 2. The molecular weight excluding hydrogens is 875 g/mol. The minimum atomic E-state index is -0.848. The van der Waals surface area contributed by atoms with Gasteiger partial charge in [-0.1, -0.05) is 88.5 Å². The third kappa shape index (κ3) is 9.26. The first-order valence-electron chi connectivity index (χ1n) is 20.9. The number of halogens is 2. The number of allylic oxidation sites excluding steroid dienone is 1. The van der Waals surface area contributed by atoms with Gasteiger partial charge in [-0.25, -0.2) is 8.78 Å². The van der Waals surface area contributed by atoms with Gasteiger partial charge in [0.25, 0.3) is 11.4 Å². The molecule has 9 rings (SSSR count). The number of phenols is 1. The van der Waals surface area contributed by atoms with E-state index in [-0.39, 0.29) is 52.1 Å². The normalized spacial score (nSPS) is 16.5. The number of aromatic hydroxyl groups is 1. The number of phenolic OH excluding ortho intramolecular Hbond substituents is 1. The Bertz CT molecular complexity index is 2900. The summed E-state index contributed by atoms with van der Waals surface area (Å²) in [7, 11) is 0. The number of aryl methyl sites for hydroxylation is 1. The largest absolute Gasteiger partial charge is 0.506 e. The van der Waals surface area contributed by atoms with Gasteiger partial charge >= 0.3 is 0 Å². The van der Waals surface area contributed by atoms with E-state index in [9.17, 15) is 38.9 Å². The summed E-state index contributed by atoms with van der Waals surface area (Å²) >= 11 is 1.14. The summed E-state index contributed by atoms with van der Waals surface area (Å²) < 4.78 is 33.3. The van der Waals surface area contributed by atoms with Crippen LogP contribution in [0.1, 0.15) is 78.9 Å². The van der Waals surface area contributed by atoms with Crippen LogP contribution in [-0.4, -0.2) is 33.2 Å². The van der Waals surface area contributed by atoms with E-state index in [1.165, 1.54) is 41.6 Å². The van der Waals surface area contributed by atoms with Gasteiger partial charge in [0, 0.05) is 65.4 Å². The van der Waals surface area contributed by atoms with Crippen LogP contribution in [0.5, 0.6) is 11.5 Å². The lowest BCUT2D eigenvalue weighted by Crippen LogP contribution is -2.59. The number of aldehydes is 1. The molecule has 0 aliphatic carbocycles. The molecule has 0 saturated heterocycles. The molecule has 1 atom stereocenters. The number of carbonyl (C=O) groups is 1. The summed E-state index contributed by atoms with van der Waals surface area (Å²) in [5, 5.41) is 31.2. The summed E-state index contributed by atoms with van der Waals surface area (Å²) in [4.78, 5) is 36.0. The number of benzene rings is 6. The van der Waals surface area contributed by atoms with Crippen molar-refractivity contribution in [3.63, 3.8) is 0 Å². The fourth-order valence-corrected chi connectivity index (χ4v) is 9.29. The van der Waals surface area contributed by atoms with Gasteiger partial charge in [0.05, 0.1) is 25.7 Å². The smallest absolute Gasteiger partial charge is 0.271 e. The number of carbonyl (C=O) groups excluding carboxylic acids is 1. The van der Waals surface area contributed by atoms with Crippen molar-refractivity contribution in [1.29, 1.82) is 0 Å². The van der Waals surface area contributed by atoms with E-state index >= 15 is 0 Å². The molecule has 1 spiro atoms. The average molecular weight is 927 g/mol. The summed E-state index contributed by atoms with van der Waals surface area (Å²) in [6.45, 7) is 16.0. The van der Waals surface area contributed by atoms with Crippen molar-refractivity contribution in [2.24, 2.45) is 0 Å². The number of nitro groups is 2. The Morgan fingerprint density at radius 3 is 1.88 bits per heavy atom. The molecule has 3 heterocycles. The minimum absolute atomic E-state index is 0. The number of non-ortho nitro benzene ring substituents is 2. The maximum absolute atomic E-state index is 13.5. The molecule has 0 aromatic heterocycles. The fourth-order valence-electron chi connectivity index (χ4n) is 8.74. The second kappa shape index (κ2) is 19.3. The van der Waals surface area contributed by atoms with Gasteiger partial charge in [0.1, 0.15) is 23.1 Å². The fraction of sp³-hybridized carbons (Fsp3) is 0.226. The molecule has 0 radical (unpaired) electrons. The van der Waals surface area contributed by atoms with Crippen LogP contribution >= 0.6 is 11.8 Å². The molecule has 11 nitrogen and oxygen atoms in total. The number of thioether (sulfide) groups is 1. The Hall–Kier alpha value is -7.32. The summed E-state index contributed by atoms with van der Waals surface area (Å²) in [6.07, 6.45) is 5.97. The molecule has 67 heavy (non-hydrogen) atoms. The van der Waals surface area contributed by atoms with Crippen LogP contribution in [0.15, 0.2) is 145 Å². The third-order valence-corrected chi connectivity index (χ3v) is 13.2. The highest BCUT2D eigenvalue weighted by Gasteiger charge is 2.59. The van der Waals surface area contributed by atoms with Crippen LogP contribution in [0.2, 0.25) is 0 Å². The number of para-hydroxylation sites is 2. The maximum atomic E-state index is 13.5. The van der Waals surface area contributed by atoms with E-state index in [0.717, 1.165) is 52.4 Å². The Morgan fingerprint density at radius 2 is 1.31 bits per heavy atom. The zero-order valence-corrected chi connectivity index (χ0v) is 38.1. The molecular formula is C53H52F2N4O7S. The van der Waals surface area contributed by atoms with Gasteiger partial charge in [-0.15, -0.1) is 11.8 Å². The number of hydrogen-bond donors (Lipinski definition) is 1. The maximum Gasteiger partial charge on any atom is 0.271 e. The van der Waals surface area contributed by atoms with Gasteiger partial charge in [-0.05, 0) is 103 Å². The number of rotatable bonds is 8. The van der Waals surface area contributed by atoms with Crippen molar-refractivity contribution in [1.82, 2.24) is 0 Å². The SMILES string of the molecule is C.C=C1N(Cc2ccc(F)cc2)c2ccccc2C1(C)C.CSc1cc([N+](=O)[O-])cc(C=O)c1O.Cc1cc([N+](=O)[O-])cc2c1OC1(C=C2)N(Cc2ccc(F)cc2)c2ccccc2C1(C)C. The highest BCUT2D eigenvalue weighted by Crippen LogP contribution is 2.56. The number of fused-ring (bicyclic) bond motifs is 3. The molecule has 0 bridgehead atoms. The predicted octanol–water partition coefficient (Wildman–Crippen LogP) is 13.3. The molecule has 1 N–H and O–H groups in total. The van der Waals surface area contributed by atoms with Crippen molar-refractivity contribution in [2.45, 2.75) is 76.6 Å². The number of nitro benzene ring substituents is 2. The van der Waals surface area contributed by atoms with Crippen LogP contribution in [0, 0.1) is 38.8 Å². The van der Waals surface area contributed by atoms with E-state index in [4.69, 9.17) is 4.74 Å². The number of nitrogens with zero attached hydrogens (tertiary/aromatic N) is 4. The molecule has 346 valence electrons. The lowest BCUT2D eigenvalue weighted by molar-refractivity contribution is -0.385. The Balaban J connectivity index is 0.000000181. The molecule has 0 fully saturated rings. The van der Waals surface area contributed by atoms with Crippen molar-refractivity contribution >= 4 is 46.9 Å². The van der Waals surface area contributed by atoms with Crippen molar-refractivity contribution in [2.75, 3.05) is 16.1 Å². The highest BCUT2D eigenvalue weighted by molar-refractivity contribution is 7.98. The molecule has 14 heteroatoms. The van der Waals surface area contributed by atoms with Gasteiger partial charge in [-0.3, -0.25) is 25.0 Å². The second-order valence-corrected chi connectivity index (χ2v) is 18.0. The molecule has 3 aliphatic heterocycles. The zero-order valence-electron chi connectivity index (χ0n) is 37.3. The quantitative estimate of drug-likeness (QED) is 0.0679. The molecule has 3 aliphatic rings. The lowest BCUT2D eigenvalue weighted by Gasteiger charge is -2.47. The Labute approximate surface area is 393 Å². The van der Waals surface area contributed by atoms with Crippen molar-refractivity contribution < 1.29 is 33.3 Å². The number of hydrogen-bond acceptors (Lipinski definition) is 10. The van der Waals surface area contributed by atoms with E-state index < -0.39 is 16.1 Å². The van der Waals surface area contributed by atoms with Crippen LogP contribution in [0.4, 0.5) is 31.5 Å². The zero-order chi connectivity index (χ0) is 47.7. The van der Waals surface area contributed by atoms with Gasteiger partial charge in [-0.2, -0.15) is 0 Å².